The fourth-order valence-corrected chi connectivity index (χ4v) is 3.60. The Balaban J connectivity index is 1.56. The van der Waals surface area contributed by atoms with E-state index >= 15 is 0 Å². The molecule has 0 N–H and O–H groups in total. The van der Waals surface area contributed by atoms with Gasteiger partial charge in [0.2, 0.25) is 0 Å². The van der Waals surface area contributed by atoms with Crippen molar-refractivity contribution >= 4 is 0 Å². The topological polar surface area (TPSA) is 18.5 Å². The Morgan fingerprint density at radius 1 is 0.467 bits per heavy atom. The molecule has 0 saturated carbocycles. The van der Waals surface area contributed by atoms with Gasteiger partial charge in [0, 0.05) is 0 Å². The Kier molecular flexibility index (Phi) is 6.14. The summed E-state index contributed by atoms with van der Waals surface area (Å²) in [6, 6.07) is 33.0. The number of hydrogen-bond acceptors (Lipinski definition) is 2. The summed E-state index contributed by atoms with van der Waals surface area (Å²) in [6.07, 6.45) is 0. The van der Waals surface area contributed by atoms with E-state index in [-0.39, 0.29) is 0 Å². The van der Waals surface area contributed by atoms with E-state index in [1.807, 2.05) is 48.5 Å². The molecule has 150 valence electrons. The van der Waals surface area contributed by atoms with Crippen LogP contribution in [0.5, 0.6) is 11.5 Å². The minimum absolute atomic E-state index is 0.560. The van der Waals surface area contributed by atoms with Gasteiger partial charge in [0.1, 0.15) is 24.7 Å². The first kappa shape index (κ1) is 19.8. The van der Waals surface area contributed by atoms with E-state index in [0.29, 0.717) is 13.2 Å². The quantitative estimate of drug-likeness (QED) is 0.332. The molecule has 0 fully saturated rings. The third kappa shape index (κ3) is 4.55. The molecule has 0 heterocycles. The highest BCUT2D eigenvalue weighted by Gasteiger charge is 2.12. The summed E-state index contributed by atoms with van der Waals surface area (Å²) in [4.78, 5) is 0. The lowest BCUT2D eigenvalue weighted by Gasteiger charge is -2.17. The molecule has 0 aliphatic carbocycles. The van der Waals surface area contributed by atoms with Crippen molar-refractivity contribution in [3.63, 3.8) is 0 Å². The first-order chi connectivity index (χ1) is 14.7. The molecule has 0 unspecified atom stereocenters. The zero-order valence-electron chi connectivity index (χ0n) is 17.5. The van der Waals surface area contributed by atoms with Gasteiger partial charge in [-0.2, -0.15) is 0 Å². The number of ether oxygens (including phenoxy) is 2. The van der Waals surface area contributed by atoms with Crippen molar-refractivity contribution in [2.24, 2.45) is 0 Å². The maximum absolute atomic E-state index is 6.13. The van der Waals surface area contributed by atoms with Gasteiger partial charge in [-0.05, 0) is 59.4 Å². The van der Waals surface area contributed by atoms with Crippen LogP contribution in [0, 0.1) is 13.8 Å². The molecule has 0 bridgehead atoms. The predicted molar refractivity (Wildman–Crippen MR) is 123 cm³/mol. The van der Waals surface area contributed by atoms with E-state index in [2.05, 4.69) is 62.4 Å². The van der Waals surface area contributed by atoms with Gasteiger partial charge in [-0.15, -0.1) is 0 Å². The predicted octanol–water partition coefficient (Wildman–Crippen LogP) is 7.13. The minimum Gasteiger partial charge on any atom is -0.489 e. The largest absolute Gasteiger partial charge is 0.489 e. The molecule has 4 rings (SSSR count). The summed E-state index contributed by atoms with van der Waals surface area (Å²) in [5.74, 6) is 1.82. The molecular weight excluding hydrogens is 368 g/mol. The van der Waals surface area contributed by atoms with E-state index in [0.717, 1.165) is 33.8 Å². The van der Waals surface area contributed by atoms with E-state index in [1.165, 1.54) is 11.1 Å². The lowest BCUT2D eigenvalue weighted by Crippen LogP contribution is -2.00. The molecule has 0 aliphatic heterocycles. The maximum atomic E-state index is 6.13. The summed E-state index contributed by atoms with van der Waals surface area (Å²) < 4.78 is 12.3. The van der Waals surface area contributed by atoms with Crippen LogP contribution in [0.2, 0.25) is 0 Å². The Hall–Kier alpha value is -3.52. The highest BCUT2D eigenvalue weighted by atomic mass is 16.5. The van der Waals surface area contributed by atoms with E-state index < -0.39 is 0 Å². The maximum Gasteiger partial charge on any atom is 0.123 e. The summed E-state index contributed by atoms with van der Waals surface area (Å²) in [6.45, 7) is 5.36. The SMILES string of the molecule is Cc1c(OCc2ccccc2)cccc1-c1cccc(OCc2ccccc2)c1C. The van der Waals surface area contributed by atoms with Crippen LogP contribution in [-0.4, -0.2) is 0 Å². The van der Waals surface area contributed by atoms with Crippen LogP contribution in [0.15, 0.2) is 97.1 Å². The zero-order chi connectivity index (χ0) is 20.8. The molecule has 0 atom stereocenters. The molecule has 2 nitrogen and oxygen atoms in total. The number of rotatable bonds is 7. The first-order valence-electron chi connectivity index (χ1n) is 10.3. The Morgan fingerprint density at radius 2 is 0.867 bits per heavy atom. The second-order valence-corrected chi connectivity index (χ2v) is 7.41. The highest BCUT2D eigenvalue weighted by Crippen LogP contribution is 2.35. The van der Waals surface area contributed by atoms with Gasteiger partial charge < -0.3 is 9.47 Å². The highest BCUT2D eigenvalue weighted by molar-refractivity contribution is 5.74. The third-order valence-corrected chi connectivity index (χ3v) is 5.33. The first-order valence-corrected chi connectivity index (χ1v) is 10.3. The average Bonchev–Trinajstić information content (AvgIpc) is 2.79. The van der Waals surface area contributed by atoms with Gasteiger partial charge in [-0.3, -0.25) is 0 Å². The molecule has 0 aromatic heterocycles. The van der Waals surface area contributed by atoms with Crippen LogP contribution in [0.1, 0.15) is 22.3 Å². The standard InChI is InChI=1S/C28H26O2/c1-21-25(15-9-17-27(21)29-19-23-11-5-3-6-12-23)26-16-10-18-28(22(26)2)30-20-24-13-7-4-8-14-24/h3-18H,19-20H2,1-2H3. The molecule has 0 radical (unpaired) electrons. The molecule has 0 amide bonds. The van der Waals surface area contributed by atoms with Crippen molar-refractivity contribution in [2.75, 3.05) is 0 Å². The van der Waals surface area contributed by atoms with Crippen molar-refractivity contribution < 1.29 is 9.47 Å². The van der Waals surface area contributed by atoms with Crippen molar-refractivity contribution in [1.82, 2.24) is 0 Å². The normalized spacial score (nSPS) is 10.6. The molecule has 4 aromatic carbocycles. The van der Waals surface area contributed by atoms with Crippen molar-refractivity contribution in [3.05, 3.63) is 119 Å². The Labute approximate surface area is 178 Å². The number of hydrogen-bond donors (Lipinski definition) is 0. The summed E-state index contributed by atoms with van der Waals surface area (Å²) in [5.41, 5.74) is 6.93. The van der Waals surface area contributed by atoms with Gasteiger partial charge >= 0.3 is 0 Å². The summed E-state index contributed by atoms with van der Waals surface area (Å²) in [5, 5.41) is 0. The van der Waals surface area contributed by atoms with Gasteiger partial charge in [0.25, 0.3) is 0 Å². The molecule has 4 aromatic rings. The van der Waals surface area contributed by atoms with Crippen LogP contribution in [-0.2, 0) is 13.2 Å². The molecule has 2 heteroatoms. The molecule has 0 saturated heterocycles. The third-order valence-electron chi connectivity index (χ3n) is 5.33. The van der Waals surface area contributed by atoms with Crippen LogP contribution in [0.4, 0.5) is 0 Å². The average molecular weight is 395 g/mol. The molecule has 30 heavy (non-hydrogen) atoms. The van der Waals surface area contributed by atoms with E-state index in [9.17, 15) is 0 Å². The number of benzene rings is 4. The Morgan fingerprint density at radius 3 is 1.27 bits per heavy atom. The summed E-state index contributed by atoms with van der Waals surface area (Å²) >= 11 is 0. The summed E-state index contributed by atoms with van der Waals surface area (Å²) in [7, 11) is 0. The monoisotopic (exact) mass is 394 g/mol. The van der Waals surface area contributed by atoms with Crippen molar-refractivity contribution in [3.8, 4) is 22.6 Å². The van der Waals surface area contributed by atoms with Gasteiger partial charge in [-0.25, -0.2) is 0 Å². The van der Waals surface area contributed by atoms with Crippen molar-refractivity contribution in [2.45, 2.75) is 27.1 Å². The van der Waals surface area contributed by atoms with Gasteiger partial charge in [0.15, 0.2) is 0 Å². The molecule has 0 aliphatic rings. The smallest absolute Gasteiger partial charge is 0.123 e. The Bertz CT molecular complexity index is 1010. The van der Waals surface area contributed by atoms with Crippen molar-refractivity contribution in [1.29, 1.82) is 0 Å². The second-order valence-electron chi connectivity index (χ2n) is 7.41. The van der Waals surface area contributed by atoms with E-state index in [1.54, 1.807) is 0 Å². The molecular formula is C28H26O2. The van der Waals surface area contributed by atoms with E-state index in [4.69, 9.17) is 9.47 Å². The van der Waals surface area contributed by atoms with Crippen LogP contribution in [0.3, 0.4) is 0 Å². The van der Waals surface area contributed by atoms with Gasteiger partial charge in [0.05, 0.1) is 0 Å². The van der Waals surface area contributed by atoms with Crippen LogP contribution >= 0.6 is 0 Å². The molecule has 0 spiro atoms. The second kappa shape index (κ2) is 9.32. The fourth-order valence-electron chi connectivity index (χ4n) is 3.60. The van der Waals surface area contributed by atoms with Crippen LogP contribution < -0.4 is 9.47 Å². The minimum atomic E-state index is 0.560. The zero-order valence-corrected chi connectivity index (χ0v) is 17.5. The lowest BCUT2D eigenvalue weighted by atomic mass is 9.95. The van der Waals surface area contributed by atoms with Gasteiger partial charge in [-0.1, -0.05) is 84.9 Å². The lowest BCUT2D eigenvalue weighted by molar-refractivity contribution is 0.303. The van der Waals surface area contributed by atoms with Crippen LogP contribution in [0.25, 0.3) is 11.1 Å². The fraction of sp³-hybridized carbons (Fsp3) is 0.143.